The topological polar surface area (TPSA) is 63.7 Å². The number of carbonyl (C=O) groups excluding carboxylic acids is 1. The SMILES string of the molecule is Cc1cc(C)c(C)c(OC(=O)c2cc(S(=O)(=O)N(C)C)ccc2Cl)c1. The number of hydrogen-bond donors (Lipinski definition) is 0. The number of hydrogen-bond acceptors (Lipinski definition) is 4. The Kier molecular flexibility index (Phi) is 5.56. The normalized spacial score (nSPS) is 11.6. The highest BCUT2D eigenvalue weighted by Gasteiger charge is 2.22. The Morgan fingerprint density at radius 2 is 1.72 bits per heavy atom. The monoisotopic (exact) mass is 381 g/mol. The van der Waals surface area contributed by atoms with Crippen LogP contribution in [0.4, 0.5) is 0 Å². The molecular formula is C18H20ClNO4S. The minimum atomic E-state index is -3.68. The second kappa shape index (κ2) is 7.15. The highest BCUT2D eigenvalue weighted by Crippen LogP contribution is 2.27. The Hall–Kier alpha value is -1.89. The summed E-state index contributed by atoms with van der Waals surface area (Å²) >= 11 is 6.08. The molecule has 0 aromatic heterocycles. The summed E-state index contributed by atoms with van der Waals surface area (Å²) in [4.78, 5) is 12.5. The molecule has 7 heteroatoms. The quantitative estimate of drug-likeness (QED) is 0.598. The van der Waals surface area contributed by atoms with Gasteiger partial charge in [0.25, 0.3) is 0 Å². The van der Waals surface area contributed by atoms with Crippen molar-refractivity contribution in [1.29, 1.82) is 0 Å². The molecule has 0 heterocycles. The van der Waals surface area contributed by atoms with E-state index < -0.39 is 16.0 Å². The lowest BCUT2D eigenvalue weighted by molar-refractivity contribution is 0.0733. The summed E-state index contributed by atoms with van der Waals surface area (Å²) < 4.78 is 31.0. The van der Waals surface area contributed by atoms with Crippen molar-refractivity contribution in [2.24, 2.45) is 0 Å². The van der Waals surface area contributed by atoms with Gasteiger partial charge in [-0.1, -0.05) is 17.7 Å². The van der Waals surface area contributed by atoms with Crippen LogP contribution in [0, 0.1) is 20.8 Å². The minimum Gasteiger partial charge on any atom is -0.423 e. The first-order chi connectivity index (χ1) is 11.5. The fourth-order valence-electron chi connectivity index (χ4n) is 2.29. The van der Waals surface area contributed by atoms with Crippen LogP contribution in [0.3, 0.4) is 0 Å². The number of carbonyl (C=O) groups is 1. The lowest BCUT2D eigenvalue weighted by atomic mass is 10.1. The maximum Gasteiger partial charge on any atom is 0.345 e. The van der Waals surface area contributed by atoms with Crippen LogP contribution in [-0.2, 0) is 10.0 Å². The molecule has 5 nitrogen and oxygen atoms in total. The lowest BCUT2D eigenvalue weighted by Crippen LogP contribution is -2.22. The molecule has 134 valence electrons. The fourth-order valence-corrected chi connectivity index (χ4v) is 3.42. The van der Waals surface area contributed by atoms with E-state index >= 15 is 0 Å². The van der Waals surface area contributed by atoms with Gasteiger partial charge in [-0.15, -0.1) is 0 Å². The van der Waals surface area contributed by atoms with Gasteiger partial charge in [0.2, 0.25) is 10.0 Å². The molecule has 0 saturated heterocycles. The van der Waals surface area contributed by atoms with Crippen molar-refractivity contribution in [2.75, 3.05) is 14.1 Å². The van der Waals surface area contributed by atoms with Crippen LogP contribution in [-0.4, -0.2) is 32.8 Å². The molecule has 0 fully saturated rings. The zero-order valence-corrected chi connectivity index (χ0v) is 16.3. The highest BCUT2D eigenvalue weighted by molar-refractivity contribution is 7.89. The largest absolute Gasteiger partial charge is 0.423 e. The Labute approximate surface area is 153 Å². The van der Waals surface area contributed by atoms with Gasteiger partial charge in [-0.05, 0) is 61.7 Å². The number of sulfonamides is 1. The van der Waals surface area contributed by atoms with Crippen molar-refractivity contribution in [3.8, 4) is 5.75 Å². The summed E-state index contributed by atoms with van der Waals surface area (Å²) in [6, 6.07) is 7.72. The van der Waals surface area contributed by atoms with E-state index in [-0.39, 0.29) is 15.5 Å². The maximum absolute atomic E-state index is 12.5. The molecule has 0 unspecified atom stereocenters. The van der Waals surface area contributed by atoms with Crippen molar-refractivity contribution in [2.45, 2.75) is 25.7 Å². The molecule has 0 bridgehead atoms. The van der Waals surface area contributed by atoms with E-state index in [1.165, 1.54) is 32.3 Å². The average Bonchev–Trinajstić information content (AvgIpc) is 2.52. The third kappa shape index (κ3) is 4.03. The molecule has 2 aromatic rings. The Bertz CT molecular complexity index is 936. The van der Waals surface area contributed by atoms with Gasteiger partial charge >= 0.3 is 5.97 Å². The zero-order chi connectivity index (χ0) is 18.9. The first-order valence-electron chi connectivity index (χ1n) is 7.56. The molecule has 0 N–H and O–H groups in total. The van der Waals surface area contributed by atoms with Gasteiger partial charge in [0.05, 0.1) is 15.5 Å². The molecule has 25 heavy (non-hydrogen) atoms. The Morgan fingerprint density at radius 3 is 2.32 bits per heavy atom. The standard InChI is InChI=1S/C18H20ClNO4S/c1-11-8-12(2)13(3)17(9-11)24-18(21)15-10-14(6-7-16(15)19)25(22,23)20(4)5/h6-10H,1-5H3. The van der Waals surface area contributed by atoms with Crippen LogP contribution < -0.4 is 4.74 Å². The van der Waals surface area contributed by atoms with E-state index in [1.54, 1.807) is 6.07 Å². The molecule has 2 rings (SSSR count). The second-order valence-electron chi connectivity index (χ2n) is 6.02. The number of benzene rings is 2. The van der Waals surface area contributed by atoms with Crippen LogP contribution in [0.2, 0.25) is 5.02 Å². The van der Waals surface area contributed by atoms with Gasteiger partial charge in [0.15, 0.2) is 0 Å². The van der Waals surface area contributed by atoms with E-state index in [4.69, 9.17) is 16.3 Å². The molecule has 2 aromatic carbocycles. The van der Waals surface area contributed by atoms with Crippen molar-refractivity contribution < 1.29 is 17.9 Å². The van der Waals surface area contributed by atoms with E-state index in [0.717, 1.165) is 21.0 Å². The van der Waals surface area contributed by atoms with Gasteiger partial charge in [0, 0.05) is 14.1 Å². The predicted octanol–water partition coefficient (Wildman–Crippen LogP) is 3.73. The van der Waals surface area contributed by atoms with Gasteiger partial charge in [-0.25, -0.2) is 17.5 Å². The molecule has 0 amide bonds. The molecule has 0 spiro atoms. The third-order valence-corrected chi connectivity index (χ3v) is 6.04. The van der Waals surface area contributed by atoms with Gasteiger partial charge in [-0.2, -0.15) is 0 Å². The van der Waals surface area contributed by atoms with E-state index in [1.807, 2.05) is 26.8 Å². The number of esters is 1. The number of aryl methyl sites for hydroxylation is 2. The first-order valence-corrected chi connectivity index (χ1v) is 9.38. The summed E-state index contributed by atoms with van der Waals surface area (Å²) in [5, 5.41) is 0.129. The third-order valence-electron chi connectivity index (χ3n) is 3.90. The highest BCUT2D eigenvalue weighted by atomic mass is 35.5. The summed E-state index contributed by atoms with van der Waals surface area (Å²) in [6.07, 6.45) is 0. The molecular weight excluding hydrogens is 362 g/mol. The Balaban J connectivity index is 2.44. The number of nitrogens with zero attached hydrogens (tertiary/aromatic N) is 1. The predicted molar refractivity (Wildman–Crippen MR) is 97.9 cm³/mol. The number of rotatable bonds is 4. The van der Waals surface area contributed by atoms with E-state index in [2.05, 4.69) is 0 Å². The van der Waals surface area contributed by atoms with Gasteiger partial charge in [-0.3, -0.25) is 0 Å². The lowest BCUT2D eigenvalue weighted by Gasteiger charge is -2.14. The van der Waals surface area contributed by atoms with Crippen LogP contribution in [0.25, 0.3) is 0 Å². The zero-order valence-electron chi connectivity index (χ0n) is 14.8. The van der Waals surface area contributed by atoms with Crippen molar-refractivity contribution >= 4 is 27.6 Å². The molecule has 0 radical (unpaired) electrons. The number of ether oxygens (including phenoxy) is 1. The molecule has 0 aliphatic carbocycles. The minimum absolute atomic E-state index is 0.00292. The molecule has 0 saturated carbocycles. The maximum atomic E-state index is 12.5. The molecule has 0 aliphatic rings. The van der Waals surface area contributed by atoms with Gasteiger partial charge in [0.1, 0.15) is 5.75 Å². The van der Waals surface area contributed by atoms with Crippen LogP contribution in [0.15, 0.2) is 35.2 Å². The number of halogens is 1. The van der Waals surface area contributed by atoms with E-state index in [0.29, 0.717) is 5.75 Å². The second-order valence-corrected chi connectivity index (χ2v) is 8.58. The summed E-state index contributed by atoms with van der Waals surface area (Å²) in [5.41, 5.74) is 2.80. The summed E-state index contributed by atoms with van der Waals surface area (Å²) in [7, 11) is -0.842. The van der Waals surface area contributed by atoms with Crippen LogP contribution in [0.5, 0.6) is 5.75 Å². The van der Waals surface area contributed by atoms with Crippen molar-refractivity contribution in [3.05, 3.63) is 57.6 Å². The van der Waals surface area contributed by atoms with Crippen LogP contribution >= 0.6 is 11.6 Å². The summed E-state index contributed by atoms with van der Waals surface area (Å²) in [5.74, 6) is -0.270. The van der Waals surface area contributed by atoms with Crippen molar-refractivity contribution in [3.63, 3.8) is 0 Å². The van der Waals surface area contributed by atoms with E-state index in [9.17, 15) is 13.2 Å². The van der Waals surface area contributed by atoms with Crippen LogP contribution in [0.1, 0.15) is 27.0 Å². The molecule has 0 atom stereocenters. The first kappa shape index (κ1) is 19.4. The summed E-state index contributed by atoms with van der Waals surface area (Å²) in [6.45, 7) is 5.68. The van der Waals surface area contributed by atoms with Gasteiger partial charge < -0.3 is 4.74 Å². The fraction of sp³-hybridized carbons (Fsp3) is 0.278. The molecule has 0 aliphatic heterocycles. The smallest absolute Gasteiger partial charge is 0.345 e. The average molecular weight is 382 g/mol. The van der Waals surface area contributed by atoms with Crippen molar-refractivity contribution in [1.82, 2.24) is 4.31 Å². The Morgan fingerprint density at radius 1 is 1.08 bits per heavy atom.